The average Bonchev–Trinajstić information content (AvgIpc) is 2.61. The lowest BCUT2D eigenvalue weighted by molar-refractivity contribution is -0.137. The second kappa shape index (κ2) is 8.35. The zero-order valence-corrected chi connectivity index (χ0v) is 15.8. The summed E-state index contributed by atoms with van der Waals surface area (Å²) in [4.78, 5) is 2.39. The van der Waals surface area contributed by atoms with Crippen LogP contribution in [-0.4, -0.2) is 49.2 Å². The number of nitrogens with one attached hydrogen (secondary N) is 2. The lowest BCUT2D eigenvalue weighted by Crippen LogP contribution is -2.45. The van der Waals surface area contributed by atoms with Gasteiger partial charge in [0.25, 0.3) is 0 Å². The van der Waals surface area contributed by atoms with Gasteiger partial charge in [0.05, 0.1) is 11.3 Å². The zero-order valence-electron chi connectivity index (χ0n) is 15.8. The van der Waals surface area contributed by atoms with E-state index in [2.05, 4.69) is 35.7 Å². The highest BCUT2D eigenvalue weighted by molar-refractivity contribution is 5.68. The molecule has 0 spiro atoms. The van der Waals surface area contributed by atoms with Crippen molar-refractivity contribution in [3.63, 3.8) is 0 Å². The Balaban J connectivity index is 1.80. The molecule has 1 aromatic rings. The Hall–Kier alpha value is -1.99. The molecule has 148 valence electrons. The summed E-state index contributed by atoms with van der Waals surface area (Å²) >= 11 is 0. The van der Waals surface area contributed by atoms with Crippen LogP contribution in [0.2, 0.25) is 0 Å². The number of hydrogen-bond acceptors (Lipinski definition) is 4. The van der Waals surface area contributed by atoms with Crippen molar-refractivity contribution >= 4 is 5.70 Å². The van der Waals surface area contributed by atoms with Crippen molar-refractivity contribution in [3.8, 4) is 0 Å². The monoisotopic (exact) mass is 380 g/mol. The van der Waals surface area contributed by atoms with Gasteiger partial charge in [0.1, 0.15) is 0 Å². The van der Waals surface area contributed by atoms with Crippen LogP contribution in [0.25, 0.3) is 5.70 Å². The summed E-state index contributed by atoms with van der Waals surface area (Å²) in [6, 6.07) is 5.34. The Morgan fingerprint density at radius 3 is 2.33 bits per heavy atom. The van der Waals surface area contributed by atoms with Crippen LogP contribution < -0.4 is 10.7 Å². The topological polar surface area (TPSA) is 30.5 Å². The molecule has 2 N–H and O–H groups in total. The second-order valence-electron chi connectivity index (χ2n) is 7.52. The molecule has 0 amide bonds. The maximum Gasteiger partial charge on any atom is 0.416 e. The standard InChI is InChI=1S/C20H27F3N4/c1-15(2)12-27-14-16(13-26-9-7-24-8-10-26)11-19(25-27)17-3-5-18(6-4-17)20(21,22)23/h3-6,11,14-15,24-25H,7-10,12-13H2,1-2H3. The van der Waals surface area contributed by atoms with Gasteiger partial charge in [-0.15, -0.1) is 0 Å². The Bertz CT molecular complexity index is 686. The van der Waals surface area contributed by atoms with Gasteiger partial charge in [-0.1, -0.05) is 26.0 Å². The zero-order chi connectivity index (χ0) is 19.4. The first-order chi connectivity index (χ1) is 12.8. The molecule has 0 atom stereocenters. The van der Waals surface area contributed by atoms with Crippen LogP contribution in [0.5, 0.6) is 0 Å². The molecule has 2 aliphatic rings. The first-order valence-electron chi connectivity index (χ1n) is 9.37. The van der Waals surface area contributed by atoms with E-state index in [-0.39, 0.29) is 0 Å². The summed E-state index contributed by atoms with van der Waals surface area (Å²) in [7, 11) is 0. The molecule has 1 saturated heterocycles. The second-order valence-corrected chi connectivity index (χ2v) is 7.52. The van der Waals surface area contributed by atoms with E-state index in [4.69, 9.17) is 0 Å². The van der Waals surface area contributed by atoms with Gasteiger partial charge in [-0.3, -0.25) is 15.3 Å². The fraction of sp³-hybridized carbons (Fsp3) is 0.500. The van der Waals surface area contributed by atoms with Crippen LogP contribution in [0.3, 0.4) is 0 Å². The average molecular weight is 380 g/mol. The number of hydrogen-bond donors (Lipinski definition) is 2. The van der Waals surface area contributed by atoms with Gasteiger partial charge in [0.15, 0.2) is 0 Å². The summed E-state index contributed by atoms with van der Waals surface area (Å²) in [6.45, 7) is 9.90. The van der Waals surface area contributed by atoms with Crippen molar-refractivity contribution in [1.29, 1.82) is 0 Å². The van der Waals surface area contributed by atoms with Crippen molar-refractivity contribution in [3.05, 3.63) is 53.2 Å². The summed E-state index contributed by atoms with van der Waals surface area (Å²) in [5, 5.41) is 5.38. The number of nitrogens with zero attached hydrogens (tertiary/aromatic N) is 2. The molecule has 27 heavy (non-hydrogen) atoms. The number of hydrazine groups is 1. The minimum absolute atomic E-state index is 0.459. The Kier molecular flexibility index (Phi) is 6.11. The Morgan fingerprint density at radius 2 is 1.74 bits per heavy atom. The van der Waals surface area contributed by atoms with Gasteiger partial charge in [-0.2, -0.15) is 13.2 Å². The van der Waals surface area contributed by atoms with Crippen molar-refractivity contribution in [2.45, 2.75) is 20.0 Å². The fourth-order valence-corrected chi connectivity index (χ4v) is 3.33. The van der Waals surface area contributed by atoms with E-state index in [1.165, 1.54) is 12.1 Å². The third kappa shape index (κ3) is 5.49. The van der Waals surface area contributed by atoms with E-state index >= 15 is 0 Å². The molecule has 0 aromatic heterocycles. The van der Waals surface area contributed by atoms with Crippen molar-refractivity contribution in [2.75, 3.05) is 39.3 Å². The smallest absolute Gasteiger partial charge is 0.314 e. The minimum Gasteiger partial charge on any atom is -0.314 e. The number of piperazine rings is 1. The molecule has 2 aliphatic heterocycles. The van der Waals surface area contributed by atoms with Crippen LogP contribution in [0, 0.1) is 5.92 Å². The molecule has 0 saturated carbocycles. The van der Waals surface area contributed by atoms with Crippen molar-refractivity contribution in [1.82, 2.24) is 20.7 Å². The maximum atomic E-state index is 12.8. The normalized spacial score (nSPS) is 19.0. The molecule has 4 nitrogen and oxygen atoms in total. The lowest BCUT2D eigenvalue weighted by atomic mass is 10.1. The number of alkyl halides is 3. The summed E-state index contributed by atoms with van der Waals surface area (Å²) in [5.74, 6) is 0.459. The van der Waals surface area contributed by atoms with Gasteiger partial charge in [-0.05, 0) is 35.3 Å². The molecule has 2 heterocycles. The molecule has 1 fully saturated rings. The quantitative estimate of drug-likeness (QED) is 0.821. The predicted octanol–water partition coefficient (Wildman–Crippen LogP) is 3.31. The number of halogens is 3. The van der Waals surface area contributed by atoms with E-state index in [9.17, 15) is 13.2 Å². The summed E-state index contributed by atoms with van der Waals surface area (Å²) in [5.41, 5.74) is 5.45. The van der Waals surface area contributed by atoms with E-state index in [1.54, 1.807) is 0 Å². The van der Waals surface area contributed by atoms with Crippen LogP contribution >= 0.6 is 0 Å². The predicted molar refractivity (Wildman–Crippen MR) is 101 cm³/mol. The molecular weight excluding hydrogens is 353 g/mol. The summed E-state index contributed by atoms with van der Waals surface area (Å²) in [6.07, 6.45) is -0.166. The Labute approximate surface area is 158 Å². The highest BCUT2D eigenvalue weighted by Gasteiger charge is 2.30. The molecule has 0 aliphatic carbocycles. The number of benzene rings is 1. The SMILES string of the molecule is CC(C)CN1C=C(CN2CCNCC2)C=C(c2ccc(C(F)(F)F)cc2)N1. The van der Waals surface area contributed by atoms with Crippen LogP contribution in [0.1, 0.15) is 25.0 Å². The molecule has 3 rings (SSSR count). The molecule has 1 aromatic carbocycles. The summed E-state index contributed by atoms with van der Waals surface area (Å²) < 4.78 is 38.5. The maximum absolute atomic E-state index is 12.8. The van der Waals surface area contributed by atoms with Crippen LogP contribution in [-0.2, 0) is 6.18 Å². The Morgan fingerprint density at radius 1 is 1.07 bits per heavy atom. The van der Waals surface area contributed by atoms with Crippen LogP contribution in [0.15, 0.2) is 42.1 Å². The highest BCUT2D eigenvalue weighted by Crippen LogP contribution is 2.30. The first-order valence-corrected chi connectivity index (χ1v) is 9.37. The van der Waals surface area contributed by atoms with Gasteiger partial charge in [0, 0.05) is 45.5 Å². The highest BCUT2D eigenvalue weighted by atomic mass is 19.4. The number of rotatable bonds is 5. The molecule has 0 radical (unpaired) electrons. The van der Waals surface area contributed by atoms with Gasteiger partial charge < -0.3 is 5.32 Å². The van der Waals surface area contributed by atoms with E-state index in [0.29, 0.717) is 5.92 Å². The van der Waals surface area contributed by atoms with E-state index in [0.717, 1.165) is 68.2 Å². The van der Waals surface area contributed by atoms with Crippen molar-refractivity contribution in [2.24, 2.45) is 5.92 Å². The largest absolute Gasteiger partial charge is 0.416 e. The third-order valence-electron chi connectivity index (χ3n) is 4.62. The molecular formula is C20H27F3N4. The van der Waals surface area contributed by atoms with Crippen molar-refractivity contribution < 1.29 is 13.2 Å². The van der Waals surface area contributed by atoms with E-state index in [1.807, 2.05) is 11.1 Å². The van der Waals surface area contributed by atoms with Gasteiger partial charge >= 0.3 is 6.18 Å². The van der Waals surface area contributed by atoms with Gasteiger partial charge in [0.2, 0.25) is 0 Å². The minimum atomic E-state index is -4.32. The van der Waals surface area contributed by atoms with E-state index < -0.39 is 11.7 Å². The fourth-order valence-electron chi connectivity index (χ4n) is 3.33. The lowest BCUT2D eigenvalue weighted by Gasteiger charge is -2.33. The molecule has 0 unspecified atom stereocenters. The first kappa shape index (κ1) is 19.8. The van der Waals surface area contributed by atoms with Crippen LogP contribution in [0.4, 0.5) is 13.2 Å². The molecule has 0 bridgehead atoms. The van der Waals surface area contributed by atoms with Gasteiger partial charge in [-0.25, -0.2) is 0 Å². The molecule has 7 heteroatoms. The third-order valence-corrected chi connectivity index (χ3v) is 4.62.